The van der Waals surface area contributed by atoms with E-state index in [1.165, 1.54) is 5.69 Å². The first-order valence-electron chi connectivity index (χ1n) is 8.43. The number of carbonyl (C=O) groups is 1. The fourth-order valence-electron chi connectivity index (χ4n) is 2.97. The minimum Gasteiger partial charge on any atom is -0.497 e. The molecule has 134 valence electrons. The van der Waals surface area contributed by atoms with Crippen LogP contribution < -0.4 is 15.4 Å². The number of benzene rings is 1. The zero-order chi connectivity index (χ0) is 17.6. The highest BCUT2D eigenvalue weighted by atomic mass is 16.5. The highest BCUT2D eigenvalue weighted by Gasteiger charge is 2.19. The maximum atomic E-state index is 12.0. The monoisotopic (exact) mass is 344 g/mol. The van der Waals surface area contributed by atoms with Crippen LogP contribution in [0.4, 0.5) is 4.79 Å². The van der Waals surface area contributed by atoms with E-state index >= 15 is 0 Å². The Balaban J connectivity index is 1.44. The van der Waals surface area contributed by atoms with E-state index in [0.717, 1.165) is 42.0 Å². The van der Waals surface area contributed by atoms with E-state index in [2.05, 4.69) is 15.7 Å². The number of ether oxygens (including phenoxy) is 2. The number of carbonyl (C=O) groups excluding carboxylic acids is 1. The van der Waals surface area contributed by atoms with Gasteiger partial charge in [0.15, 0.2) is 0 Å². The first-order chi connectivity index (χ1) is 12.2. The summed E-state index contributed by atoms with van der Waals surface area (Å²) in [6.45, 7) is 2.27. The van der Waals surface area contributed by atoms with E-state index in [1.54, 1.807) is 7.11 Å². The van der Waals surface area contributed by atoms with Crippen LogP contribution in [0.25, 0.3) is 0 Å². The van der Waals surface area contributed by atoms with E-state index in [-0.39, 0.29) is 6.03 Å². The average molecular weight is 344 g/mol. The molecule has 1 aromatic heterocycles. The van der Waals surface area contributed by atoms with E-state index < -0.39 is 0 Å². The topological polar surface area (TPSA) is 77.4 Å². The van der Waals surface area contributed by atoms with E-state index in [1.807, 2.05) is 36.0 Å². The molecule has 1 aliphatic rings. The summed E-state index contributed by atoms with van der Waals surface area (Å²) in [5.41, 5.74) is 4.33. The normalized spacial score (nSPS) is 13.2. The Kier molecular flexibility index (Phi) is 5.55. The van der Waals surface area contributed by atoms with Gasteiger partial charge in [0.25, 0.3) is 0 Å². The van der Waals surface area contributed by atoms with Crippen molar-refractivity contribution in [1.29, 1.82) is 0 Å². The first-order valence-corrected chi connectivity index (χ1v) is 8.43. The van der Waals surface area contributed by atoms with Crippen molar-refractivity contribution in [2.75, 3.05) is 20.3 Å². The molecule has 2 amide bonds. The Labute approximate surface area is 147 Å². The zero-order valence-corrected chi connectivity index (χ0v) is 14.7. The zero-order valence-electron chi connectivity index (χ0n) is 14.7. The number of fused-ring (bicyclic) bond motifs is 1. The van der Waals surface area contributed by atoms with Gasteiger partial charge >= 0.3 is 6.03 Å². The van der Waals surface area contributed by atoms with Crippen LogP contribution in [-0.4, -0.2) is 36.1 Å². The van der Waals surface area contributed by atoms with Crippen molar-refractivity contribution in [2.24, 2.45) is 7.05 Å². The van der Waals surface area contributed by atoms with Crippen LogP contribution >= 0.6 is 0 Å². The molecule has 0 bridgehead atoms. The molecule has 0 saturated heterocycles. The molecular formula is C18H24N4O3. The molecule has 3 rings (SSSR count). The van der Waals surface area contributed by atoms with Crippen LogP contribution in [0.5, 0.6) is 5.75 Å². The Hall–Kier alpha value is -2.54. The number of methoxy groups -OCH3 is 1. The third kappa shape index (κ3) is 4.30. The second-order valence-electron chi connectivity index (χ2n) is 6.01. The number of amides is 2. The van der Waals surface area contributed by atoms with Crippen molar-refractivity contribution in [3.63, 3.8) is 0 Å². The Morgan fingerprint density at radius 3 is 2.88 bits per heavy atom. The quantitative estimate of drug-likeness (QED) is 0.833. The molecule has 2 N–H and O–H groups in total. The number of urea groups is 1. The molecule has 1 aromatic carbocycles. The minimum atomic E-state index is -0.190. The van der Waals surface area contributed by atoms with Crippen LogP contribution in [0.2, 0.25) is 0 Å². The third-order valence-corrected chi connectivity index (χ3v) is 4.36. The van der Waals surface area contributed by atoms with Gasteiger partial charge in [0.05, 0.1) is 32.6 Å². The van der Waals surface area contributed by atoms with Gasteiger partial charge in [0.2, 0.25) is 0 Å². The van der Waals surface area contributed by atoms with E-state index in [9.17, 15) is 4.79 Å². The summed E-state index contributed by atoms with van der Waals surface area (Å²) in [6, 6.07) is 7.64. The van der Waals surface area contributed by atoms with Gasteiger partial charge in [-0.3, -0.25) is 4.68 Å². The van der Waals surface area contributed by atoms with Gasteiger partial charge in [-0.2, -0.15) is 5.10 Å². The third-order valence-electron chi connectivity index (χ3n) is 4.36. The van der Waals surface area contributed by atoms with Gasteiger partial charge < -0.3 is 20.1 Å². The smallest absolute Gasteiger partial charge is 0.315 e. The van der Waals surface area contributed by atoms with Crippen molar-refractivity contribution < 1.29 is 14.3 Å². The van der Waals surface area contributed by atoms with Gasteiger partial charge in [-0.25, -0.2) is 4.79 Å². The molecule has 0 fully saturated rings. The summed E-state index contributed by atoms with van der Waals surface area (Å²) in [4.78, 5) is 12.0. The number of rotatable bonds is 6. The highest BCUT2D eigenvalue weighted by molar-refractivity contribution is 5.73. The van der Waals surface area contributed by atoms with E-state index in [4.69, 9.17) is 9.47 Å². The van der Waals surface area contributed by atoms with Crippen LogP contribution in [0.15, 0.2) is 24.3 Å². The fourth-order valence-corrected chi connectivity index (χ4v) is 2.97. The number of aryl methyl sites for hydroxylation is 1. The lowest BCUT2D eigenvalue weighted by atomic mass is 10.1. The van der Waals surface area contributed by atoms with Crippen molar-refractivity contribution in [3.05, 3.63) is 46.8 Å². The molecule has 0 saturated carbocycles. The molecule has 1 aliphatic heterocycles. The van der Waals surface area contributed by atoms with Crippen molar-refractivity contribution in [2.45, 2.75) is 26.0 Å². The molecule has 0 atom stereocenters. The van der Waals surface area contributed by atoms with Crippen molar-refractivity contribution >= 4 is 6.03 Å². The average Bonchev–Trinajstić information content (AvgIpc) is 2.97. The number of hydrogen-bond acceptors (Lipinski definition) is 4. The molecule has 7 nitrogen and oxygen atoms in total. The second kappa shape index (κ2) is 8.02. The molecule has 7 heteroatoms. The van der Waals surface area contributed by atoms with Crippen LogP contribution in [-0.2, 0) is 37.8 Å². The Morgan fingerprint density at radius 1 is 1.32 bits per heavy atom. The number of hydrogen-bond donors (Lipinski definition) is 2. The summed E-state index contributed by atoms with van der Waals surface area (Å²) in [5.74, 6) is 0.831. The lowest BCUT2D eigenvalue weighted by molar-refractivity contribution is 0.108. The summed E-state index contributed by atoms with van der Waals surface area (Å²) in [6.07, 6.45) is 1.64. The SMILES string of the molecule is COc1ccc(CCNC(=O)NCc2nn(C)c3c2COCC3)cc1. The Bertz CT molecular complexity index is 725. The maximum absolute atomic E-state index is 12.0. The van der Waals surface area contributed by atoms with Gasteiger partial charge in [0.1, 0.15) is 5.75 Å². The minimum absolute atomic E-state index is 0.190. The number of nitrogens with one attached hydrogen (secondary N) is 2. The van der Waals surface area contributed by atoms with E-state index in [0.29, 0.717) is 19.7 Å². The maximum Gasteiger partial charge on any atom is 0.315 e. The summed E-state index contributed by atoms with van der Waals surface area (Å²) >= 11 is 0. The molecule has 0 radical (unpaired) electrons. The van der Waals surface area contributed by atoms with Gasteiger partial charge in [-0.05, 0) is 24.1 Å². The molecule has 25 heavy (non-hydrogen) atoms. The standard InChI is InChI=1S/C18H24N4O3/c1-22-17-8-10-25-12-15(17)16(21-22)11-20-18(23)19-9-7-13-3-5-14(24-2)6-4-13/h3-6H,7-12H2,1-2H3,(H2,19,20,23). The predicted octanol–water partition coefficient (Wildman–Crippen LogP) is 1.54. The molecule has 0 unspecified atom stereocenters. The molecule has 2 aromatic rings. The summed E-state index contributed by atoms with van der Waals surface area (Å²) < 4.78 is 12.5. The fraction of sp³-hybridized carbons (Fsp3) is 0.444. The molecule has 2 heterocycles. The molecular weight excluding hydrogens is 320 g/mol. The van der Waals surface area contributed by atoms with Crippen LogP contribution in [0.1, 0.15) is 22.5 Å². The van der Waals surface area contributed by atoms with Crippen LogP contribution in [0.3, 0.4) is 0 Å². The largest absolute Gasteiger partial charge is 0.497 e. The molecule has 0 spiro atoms. The van der Waals surface area contributed by atoms with Gasteiger partial charge in [-0.1, -0.05) is 12.1 Å². The van der Waals surface area contributed by atoms with Gasteiger partial charge in [0, 0.05) is 31.3 Å². The number of nitrogens with zero attached hydrogens (tertiary/aromatic N) is 2. The lowest BCUT2D eigenvalue weighted by Gasteiger charge is -2.14. The van der Waals surface area contributed by atoms with Crippen LogP contribution in [0, 0.1) is 0 Å². The predicted molar refractivity (Wildman–Crippen MR) is 93.5 cm³/mol. The van der Waals surface area contributed by atoms with Crippen molar-refractivity contribution in [1.82, 2.24) is 20.4 Å². The number of aromatic nitrogens is 2. The Morgan fingerprint density at radius 2 is 2.12 bits per heavy atom. The summed E-state index contributed by atoms with van der Waals surface area (Å²) in [7, 11) is 3.58. The second-order valence-corrected chi connectivity index (χ2v) is 6.01. The molecule has 0 aliphatic carbocycles. The lowest BCUT2D eigenvalue weighted by Crippen LogP contribution is -2.36. The summed E-state index contributed by atoms with van der Waals surface area (Å²) in [5, 5.41) is 10.2. The highest BCUT2D eigenvalue weighted by Crippen LogP contribution is 2.19. The first kappa shape index (κ1) is 17.3. The van der Waals surface area contributed by atoms with Crippen molar-refractivity contribution in [3.8, 4) is 5.75 Å². The van der Waals surface area contributed by atoms with Gasteiger partial charge in [-0.15, -0.1) is 0 Å².